The molecule has 0 bridgehead atoms. The maximum Gasteiger partial charge on any atom is 0.422 e. The molecular formula is C15H24Cl2F3N3O2. The van der Waals surface area contributed by atoms with Crippen LogP contribution in [0.4, 0.5) is 13.2 Å². The van der Waals surface area contributed by atoms with Crippen LogP contribution in [0.2, 0.25) is 0 Å². The number of alkyl halides is 3. The third-order valence-corrected chi connectivity index (χ3v) is 3.37. The first-order valence-electron chi connectivity index (χ1n) is 7.27. The number of aromatic nitrogens is 1. The van der Waals surface area contributed by atoms with Gasteiger partial charge in [0, 0.05) is 25.8 Å². The van der Waals surface area contributed by atoms with E-state index in [4.69, 9.17) is 5.73 Å². The summed E-state index contributed by atoms with van der Waals surface area (Å²) in [7, 11) is 1.57. The van der Waals surface area contributed by atoms with Crippen LogP contribution in [0.25, 0.3) is 0 Å². The molecule has 10 heteroatoms. The van der Waals surface area contributed by atoms with Gasteiger partial charge in [-0.25, -0.2) is 4.98 Å². The lowest BCUT2D eigenvalue weighted by Gasteiger charge is -2.22. The molecule has 0 spiro atoms. The zero-order valence-electron chi connectivity index (χ0n) is 14.2. The number of carbonyl (C=O) groups excluding carboxylic acids is 1. The van der Waals surface area contributed by atoms with E-state index in [1.807, 2.05) is 13.8 Å². The summed E-state index contributed by atoms with van der Waals surface area (Å²) in [5, 5.41) is 0. The Labute approximate surface area is 157 Å². The second-order valence-corrected chi connectivity index (χ2v) is 5.68. The lowest BCUT2D eigenvalue weighted by atomic mass is 10.0. The number of nitrogens with two attached hydrogens (primary N) is 1. The fourth-order valence-electron chi connectivity index (χ4n) is 1.80. The van der Waals surface area contributed by atoms with Crippen LogP contribution in [-0.2, 0) is 0 Å². The number of pyridine rings is 1. The smallest absolute Gasteiger partial charge is 0.422 e. The summed E-state index contributed by atoms with van der Waals surface area (Å²) in [5.74, 6) is -0.497. The molecule has 0 saturated heterocycles. The molecule has 1 rings (SSSR count). The molecule has 0 aromatic carbocycles. The molecule has 1 heterocycles. The number of carbonyl (C=O) groups is 1. The number of rotatable bonds is 7. The van der Waals surface area contributed by atoms with Gasteiger partial charge < -0.3 is 15.4 Å². The summed E-state index contributed by atoms with van der Waals surface area (Å²) in [4.78, 5) is 17.5. The predicted octanol–water partition coefficient (Wildman–Crippen LogP) is 3.31. The summed E-state index contributed by atoms with van der Waals surface area (Å²) in [5.41, 5.74) is 5.93. The van der Waals surface area contributed by atoms with Gasteiger partial charge in [-0.1, -0.05) is 13.8 Å². The van der Waals surface area contributed by atoms with Crippen LogP contribution >= 0.6 is 24.8 Å². The van der Waals surface area contributed by atoms with E-state index in [1.54, 1.807) is 7.05 Å². The minimum atomic E-state index is -4.49. The van der Waals surface area contributed by atoms with Crippen LogP contribution in [-0.4, -0.2) is 48.2 Å². The highest BCUT2D eigenvalue weighted by Crippen LogP contribution is 2.21. The van der Waals surface area contributed by atoms with Gasteiger partial charge >= 0.3 is 6.18 Å². The molecule has 2 N–H and O–H groups in total. The first kappa shape index (κ1) is 26.0. The third kappa shape index (κ3) is 9.13. The number of hydrogen-bond donors (Lipinski definition) is 1. The molecule has 1 aromatic heterocycles. The van der Waals surface area contributed by atoms with Crippen LogP contribution in [0.5, 0.6) is 5.88 Å². The van der Waals surface area contributed by atoms with E-state index in [0.29, 0.717) is 13.0 Å². The fourth-order valence-corrected chi connectivity index (χ4v) is 1.80. The number of ether oxygens (including phenoxy) is 1. The molecule has 146 valence electrons. The van der Waals surface area contributed by atoms with Crippen molar-refractivity contribution in [2.75, 3.05) is 20.2 Å². The van der Waals surface area contributed by atoms with Gasteiger partial charge in [0.05, 0.1) is 0 Å². The average Bonchev–Trinajstić information content (AvgIpc) is 2.48. The average molecular weight is 406 g/mol. The summed E-state index contributed by atoms with van der Waals surface area (Å²) in [6, 6.07) is 2.81. The molecule has 5 nitrogen and oxygen atoms in total. The molecule has 0 radical (unpaired) electrons. The fraction of sp³-hybridized carbons (Fsp3) is 0.600. The molecule has 0 aliphatic heterocycles. The largest absolute Gasteiger partial charge is 0.467 e. The van der Waals surface area contributed by atoms with Gasteiger partial charge in [0.25, 0.3) is 5.91 Å². The highest BCUT2D eigenvalue weighted by Gasteiger charge is 2.30. The van der Waals surface area contributed by atoms with Crippen LogP contribution < -0.4 is 10.5 Å². The van der Waals surface area contributed by atoms with Crippen molar-refractivity contribution in [3.05, 3.63) is 23.9 Å². The van der Waals surface area contributed by atoms with E-state index in [9.17, 15) is 18.0 Å². The van der Waals surface area contributed by atoms with E-state index in [0.717, 1.165) is 0 Å². The number of nitrogens with zero attached hydrogens (tertiary/aromatic N) is 2. The Morgan fingerprint density at radius 3 is 2.48 bits per heavy atom. The Kier molecular flexibility index (Phi) is 11.8. The SMILES string of the molecule is CC(C)C(N)CCN(C)C(=O)c1cccnc1OCC(F)(F)F.Cl.Cl. The molecule has 1 atom stereocenters. The van der Waals surface area contributed by atoms with Crippen molar-refractivity contribution < 1.29 is 22.7 Å². The molecular weight excluding hydrogens is 382 g/mol. The first-order valence-corrected chi connectivity index (χ1v) is 7.27. The molecule has 25 heavy (non-hydrogen) atoms. The van der Waals surface area contributed by atoms with Crippen LogP contribution in [0, 0.1) is 5.92 Å². The van der Waals surface area contributed by atoms with Crippen LogP contribution in [0.15, 0.2) is 18.3 Å². The van der Waals surface area contributed by atoms with Gasteiger partial charge in [0.15, 0.2) is 6.61 Å². The van der Waals surface area contributed by atoms with E-state index in [1.165, 1.54) is 23.2 Å². The summed E-state index contributed by atoms with van der Waals surface area (Å²) >= 11 is 0. The zero-order chi connectivity index (χ0) is 17.6. The first-order chi connectivity index (χ1) is 10.6. The number of amides is 1. The second kappa shape index (κ2) is 11.4. The predicted molar refractivity (Wildman–Crippen MR) is 94.7 cm³/mol. The highest BCUT2D eigenvalue weighted by atomic mass is 35.5. The molecule has 0 fully saturated rings. The molecule has 1 aromatic rings. The van der Waals surface area contributed by atoms with Gasteiger partial charge in [-0.3, -0.25) is 4.79 Å². The molecule has 0 aliphatic rings. The number of hydrogen-bond acceptors (Lipinski definition) is 4. The minimum absolute atomic E-state index is 0. The van der Waals surface area contributed by atoms with Gasteiger partial charge in [0.1, 0.15) is 5.56 Å². The van der Waals surface area contributed by atoms with Crippen molar-refractivity contribution in [1.82, 2.24) is 9.88 Å². The topological polar surface area (TPSA) is 68.5 Å². The Bertz CT molecular complexity index is 531. The molecule has 0 aliphatic carbocycles. The van der Waals surface area contributed by atoms with Crippen molar-refractivity contribution in [2.24, 2.45) is 11.7 Å². The zero-order valence-corrected chi connectivity index (χ0v) is 15.9. The molecule has 0 saturated carbocycles. The van der Waals surface area contributed by atoms with Crippen molar-refractivity contribution in [1.29, 1.82) is 0 Å². The highest BCUT2D eigenvalue weighted by molar-refractivity contribution is 5.96. The summed E-state index contributed by atoms with van der Waals surface area (Å²) < 4.78 is 41.4. The molecule has 1 unspecified atom stereocenters. The second-order valence-electron chi connectivity index (χ2n) is 5.68. The maximum absolute atomic E-state index is 12.4. The van der Waals surface area contributed by atoms with Gasteiger partial charge in [0.2, 0.25) is 5.88 Å². The van der Waals surface area contributed by atoms with Crippen molar-refractivity contribution in [3.8, 4) is 5.88 Å². The Balaban J connectivity index is 0. The van der Waals surface area contributed by atoms with Gasteiger partial charge in [-0.05, 0) is 24.5 Å². The van der Waals surface area contributed by atoms with E-state index < -0.39 is 18.7 Å². The Hall–Kier alpha value is -1.25. The third-order valence-electron chi connectivity index (χ3n) is 3.37. The summed E-state index contributed by atoms with van der Waals surface area (Å²) in [6.07, 6.45) is -2.62. The van der Waals surface area contributed by atoms with Crippen LogP contribution in [0.3, 0.4) is 0 Å². The van der Waals surface area contributed by atoms with E-state index in [2.05, 4.69) is 9.72 Å². The van der Waals surface area contributed by atoms with Crippen molar-refractivity contribution in [3.63, 3.8) is 0 Å². The van der Waals surface area contributed by atoms with Gasteiger partial charge in [-0.15, -0.1) is 24.8 Å². The lowest BCUT2D eigenvalue weighted by molar-refractivity contribution is -0.154. The Morgan fingerprint density at radius 2 is 1.96 bits per heavy atom. The van der Waals surface area contributed by atoms with E-state index in [-0.39, 0.29) is 48.2 Å². The summed E-state index contributed by atoms with van der Waals surface area (Å²) in [6.45, 7) is 2.87. The van der Waals surface area contributed by atoms with Crippen LogP contribution in [0.1, 0.15) is 30.6 Å². The maximum atomic E-state index is 12.4. The normalized spacial score (nSPS) is 12.0. The standard InChI is InChI=1S/C15H22F3N3O2.2ClH/c1-10(2)12(19)6-8-21(3)14(22)11-5-4-7-20-13(11)23-9-15(16,17)18;;/h4-5,7,10,12H,6,8-9,19H2,1-3H3;2*1H. The van der Waals surface area contributed by atoms with E-state index >= 15 is 0 Å². The number of halogens is 5. The van der Waals surface area contributed by atoms with Crippen molar-refractivity contribution in [2.45, 2.75) is 32.5 Å². The van der Waals surface area contributed by atoms with Gasteiger partial charge in [-0.2, -0.15) is 13.2 Å². The monoisotopic (exact) mass is 405 g/mol. The quantitative estimate of drug-likeness (QED) is 0.755. The molecule has 1 amide bonds. The van der Waals surface area contributed by atoms with Crippen molar-refractivity contribution >= 4 is 30.7 Å². The Morgan fingerprint density at radius 1 is 1.36 bits per heavy atom. The minimum Gasteiger partial charge on any atom is -0.467 e. The lowest BCUT2D eigenvalue weighted by Crippen LogP contribution is -2.35.